The van der Waals surface area contributed by atoms with Crippen LogP contribution in [0.25, 0.3) is 0 Å². The Kier molecular flexibility index (Phi) is 7.51. The molecule has 8 heteroatoms. The van der Waals surface area contributed by atoms with Crippen molar-refractivity contribution >= 4 is 46.6 Å². The summed E-state index contributed by atoms with van der Waals surface area (Å²) in [5.74, 6) is -0.338. The first-order chi connectivity index (χ1) is 9.52. The average Bonchev–Trinajstić information content (AvgIpc) is 2.42. The predicted octanol–water partition coefficient (Wildman–Crippen LogP) is 1.84. The number of hydrogen-bond donors (Lipinski definition) is 2. The van der Waals surface area contributed by atoms with Gasteiger partial charge in [0.25, 0.3) is 5.91 Å². The smallest absolute Gasteiger partial charge is 0.258 e. The minimum atomic E-state index is -0.323. The van der Waals surface area contributed by atoms with Crippen LogP contribution >= 0.6 is 34.8 Å². The van der Waals surface area contributed by atoms with Gasteiger partial charge in [0.2, 0.25) is 5.91 Å². The molecule has 20 heavy (non-hydrogen) atoms. The summed E-state index contributed by atoms with van der Waals surface area (Å²) in [7, 11) is 0. The van der Waals surface area contributed by atoms with Gasteiger partial charge in [0.1, 0.15) is 11.6 Å². The lowest BCUT2D eigenvalue weighted by atomic mass is 10.3. The van der Waals surface area contributed by atoms with Crippen molar-refractivity contribution < 1.29 is 14.3 Å². The van der Waals surface area contributed by atoms with Crippen LogP contribution in [0.1, 0.15) is 0 Å². The second-order valence-corrected chi connectivity index (χ2v) is 4.81. The van der Waals surface area contributed by atoms with Crippen LogP contribution in [-0.4, -0.2) is 37.4 Å². The van der Waals surface area contributed by atoms with Crippen LogP contribution in [0.15, 0.2) is 18.2 Å². The lowest BCUT2D eigenvalue weighted by molar-refractivity contribution is -0.123. The molecule has 0 saturated heterocycles. The first-order valence-electron chi connectivity index (χ1n) is 5.70. The van der Waals surface area contributed by atoms with Crippen molar-refractivity contribution in [2.24, 2.45) is 0 Å². The molecule has 1 rings (SSSR count). The highest BCUT2D eigenvalue weighted by Gasteiger charge is 2.06. The van der Waals surface area contributed by atoms with Crippen LogP contribution < -0.4 is 15.4 Å². The van der Waals surface area contributed by atoms with Gasteiger partial charge in [-0.15, -0.1) is 11.6 Å². The van der Waals surface area contributed by atoms with E-state index in [0.29, 0.717) is 28.9 Å². The Hall–Kier alpha value is -1.17. The Morgan fingerprint density at radius 3 is 2.35 bits per heavy atom. The molecule has 0 unspecified atom stereocenters. The fourth-order valence-electron chi connectivity index (χ4n) is 1.24. The fraction of sp³-hybridized carbons (Fsp3) is 0.333. The minimum absolute atomic E-state index is 0.105. The summed E-state index contributed by atoms with van der Waals surface area (Å²) >= 11 is 16.9. The molecule has 2 amide bonds. The lowest BCUT2D eigenvalue weighted by Gasteiger charge is -2.09. The van der Waals surface area contributed by atoms with E-state index in [4.69, 9.17) is 39.5 Å². The van der Waals surface area contributed by atoms with Crippen LogP contribution in [0.3, 0.4) is 0 Å². The molecule has 0 atom stereocenters. The highest BCUT2D eigenvalue weighted by Crippen LogP contribution is 2.27. The van der Waals surface area contributed by atoms with Gasteiger partial charge in [-0.1, -0.05) is 23.2 Å². The molecule has 0 radical (unpaired) electrons. The Labute approximate surface area is 131 Å². The summed E-state index contributed by atoms with van der Waals surface area (Å²) in [5.41, 5.74) is 0. The van der Waals surface area contributed by atoms with Gasteiger partial charge in [-0.25, -0.2) is 0 Å². The van der Waals surface area contributed by atoms with Gasteiger partial charge in [-0.05, 0) is 18.2 Å². The van der Waals surface area contributed by atoms with Crippen LogP contribution in [0, 0.1) is 0 Å². The third-order valence-electron chi connectivity index (χ3n) is 2.14. The normalized spacial score (nSPS) is 9.95. The van der Waals surface area contributed by atoms with Gasteiger partial charge in [0, 0.05) is 18.1 Å². The second kappa shape index (κ2) is 8.89. The fourth-order valence-corrected chi connectivity index (χ4v) is 1.80. The molecule has 5 nitrogen and oxygen atoms in total. The van der Waals surface area contributed by atoms with E-state index in [0.717, 1.165) is 0 Å². The molecule has 0 heterocycles. The number of ether oxygens (including phenoxy) is 1. The zero-order chi connectivity index (χ0) is 15.0. The van der Waals surface area contributed by atoms with E-state index < -0.39 is 0 Å². The SMILES string of the molecule is O=C(CCl)NCCNC(=O)COc1ccc(Cl)cc1Cl. The molecule has 1 aromatic carbocycles. The van der Waals surface area contributed by atoms with Gasteiger partial charge in [-0.2, -0.15) is 0 Å². The molecule has 0 saturated carbocycles. The van der Waals surface area contributed by atoms with Crippen LogP contribution in [0.2, 0.25) is 10.0 Å². The number of carbonyl (C=O) groups excluding carboxylic acids is 2. The summed E-state index contributed by atoms with van der Waals surface area (Å²) in [6.45, 7) is 0.420. The summed E-state index contributed by atoms with van der Waals surface area (Å²) in [6, 6.07) is 4.72. The number of alkyl halides is 1. The monoisotopic (exact) mass is 338 g/mol. The first kappa shape index (κ1) is 16.9. The van der Waals surface area contributed by atoms with Gasteiger partial charge in [0.15, 0.2) is 6.61 Å². The Balaban J connectivity index is 2.24. The van der Waals surface area contributed by atoms with Crippen molar-refractivity contribution in [2.45, 2.75) is 0 Å². The molecule has 0 aromatic heterocycles. The van der Waals surface area contributed by atoms with E-state index >= 15 is 0 Å². The number of amides is 2. The molecule has 0 aliphatic heterocycles. The third-order valence-corrected chi connectivity index (χ3v) is 2.92. The molecule has 0 spiro atoms. The van der Waals surface area contributed by atoms with Crippen LogP contribution in [0.5, 0.6) is 5.75 Å². The van der Waals surface area contributed by atoms with E-state index in [1.54, 1.807) is 12.1 Å². The molecular formula is C12H13Cl3N2O3. The number of benzene rings is 1. The van der Waals surface area contributed by atoms with E-state index in [1.807, 2.05) is 0 Å². The summed E-state index contributed by atoms with van der Waals surface area (Å²) in [6.07, 6.45) is 0. The minimum Gasteiger partial charge on any atom is -0.482 e. The molecule has 2 N–H and O–H groups in total. The molecule has 0 bridgehead atoms. The maximum atomic E-state index is 11.5. The van der Waals surface area contributed by atoms with Crippen molar-refractivity contribution in [1.29, 1.82) is 0 Å². The lowest BCUT2D eigenvalue weighted by Crippen LogP contribution is -2.37. The molecular weight excluding hydrogens is 327 g/mol. The number of nitrogens with one attached hydrogen (secondary N) is 2. The summed E-state index contributed by atoms with van der Waals surface area (Å²) in [5, 5.41) is 5.91. The standard InChI is InChI=1S/C12H13Cl3N2O3/c13-6-11(18)16-3-4-17-12(19)7-20-10-2-1-8(14)5-9(10)15/h1-2,5H,3-4,6-7H2,(H,16,18)(H,17,19). The second-order valence-electron chi connectivity index (χ2n) is 3.70. The first-order valence-corrected chi connectivity index (χ1v) is 6.99. The van der Waals surface area contributed by atoms with Crippen molar-refractivity contribution in [3.05, 3.63) is 28.2 Å². The van der Waals surface area contributed by atoms with Crippen molar-refractivity contribution in [3.63, 3.8) is 0 Å². The number of halogens is 3. The molecule has 110 valence electrons. The molecule has 1 aromatic rings. The van der Waals surface area contributed by atoms with E-state index in [2.05, 4.69) is 10.6 Å². The van der Waals surface area contributed by atoms with Crippen LogP contribution in [-0.2, 0) is 9.59 Å². The largest absolute Gasteiger partial charge is 0.482 e. The highest BCUT2D eigenvalue weighted by molar-refractivity contribution is 6.35. The maximum Gasteiger partial charge on any atom is 0.258 e. The molecule has 0 aliphatic carbocycles. The van der Waals surface area contributed by atoms with Gasteiger partial charge < -0.3 is 15.4 Å². The van der Waals surface area contributed by atoms with Crippen molar-refractivity contribution in [1.82, 2.24) is 10.6 Å². The van der Waals surface area contributed by atoms with Crippen molar-refractivity contribution in [3.8, 4) is 5.75 Å². The van der Waals surface area contributed by atoms with Crippen LogP contribution in [0.4, 0.5) is 0 Å². The van der Waals surface area contributed by atoms with E-state index in [1.165, 1.54) is 6.07 Å². The zero-order valence-corrected chi connectivity index (χ0v) is 12.7. The van der Waals surface area contributed by atoms with Gasteiger partial charge >= 0.3 is 0 Å². The average molecular weight is 340 g/mol. The number of hydrogen-bond acceptors (Lipinski definition) is 3. The van der Waals surface area contributed by atoms with Gasteiger partial charge in [0.05, 0.1) is 5.02 Å². The number of rotatable bonds is 7. The molecule has 0 aliphatic rings. The zero-order valence-electron chi connectivity index (χ0n) is 10.4. The van der Waals surface area contributed by atoms with E-state index in [9.17, 15) is 9.59 Å². The van der Waals surface area contributed by atoms with E-state index in [-0.39, 0.29) is 24.3 Å². The summed E-state index contributed by atoms with van der Waals surface area (Å²) < 4.78 is 5.24. The Bertz CT molecular complexity index is 483. The van der Waals surface area contributed by atoms with Gasteiger partial charge in [-0.3, -0.25) is 9.59 Å². The summed E-state index contributed by atoms with van der Waals surface area (Å²) in [4.78, 5) is 22.3. The predicted molar refractivity (Wildman–Crippen MR) is 78.7 cm³/mol. The topological polar surface area (TPSA) is 67.4 Å². The maximum absolute atomic E-state index is 11.5. The Morgan fingerprint density at radius 1 is 1.10 bits per heavy atom. The number of carbonyl (C=O) groups is 2. The third kappa shape index (κ3) is 6.32. The quantitative estimate of drug-likeness (QED) is 0.588. The molecule has 0 fully saturated rings. The highest BCUT2D eigenvalue weighted by atomic mass is 35.5. The Morgan fingerprint density at radius 2 is 1.75 bits per heavy atom. The van der Waals surface area contributed by atoms with Crippen molar-refractivity contribution in [2.75, 3.05) is 25.6 Å².